The van der Waals surface area contributed by atoms with Crippen LogP contribution in [0.3, 0.4) is 0 Å². The van der Waals surface area contributed by atoms with E-state index < -0.39 is 17.7 Å². The number of carbonyl (C=O) groups excluding carboxylic acids is 2. The molecule has 8 heteroatoms. The van der Waals surface area contributed by atoms with E-state index in [2.05, 4.69) is 10.6 Å². The number of halogens is 2. The Morgan fingerprint density at radius 1 is 1.28 bits per heavy atom. The maximum absolute atomic E-state index is 13.3. The molecule has 1 aliphatic rings. The van der Waals surface area contributed by atoms with Crippen molar-refractivity contribution in [1.82, 2.24) is 15.5 Å². The second-order valence-electron chi connectivity index (χ2n) is 5.97. The van der Waals surface area contributed by atoms with Crippen LogP contribution in [0.1, 0.15) is 38.3 Å². The summed E-state index contributed by atoms with van der Waals surface area (Å²) in [6, 6.07) is 2.63. The van der Waals surface area contributed by atoms with Gasteiger partial charge in [-0.1, -0.05) is 6.07 Å². The molecule has 0 spiro atoms. The zero-order valence-electron chi connectivity index (χ0n) is 14.4. The molecule has 2 rings (SSSR count). The topological polar surface area (TPSA) is 70.7 Å². The van der Waals surface area contributed by atoms with Crippen molar-refractivity contribution in [2.24, 2.45) is 0 Å². The molecule has 1 aromatic rings. The molecule has 138 valence electrons. The number of piperidine rings is 1. The molecule has 2 N–H and O–H groups in total. The third kappa shape index (κ3) is 5.30. The van der Waals surface area contributed by atoms with Gasteiger partial charge in [-0.15, -0.1) is 0 Å². The summed E-state index contributed by atoms with van der Waals surface area (Å²) < 4.78 is 31.2. The number of benzene rings is 1. The van der Waals surface area contributed by atoms with Crippen molar-refractivity contribution in [3.05, 3.63) is 35.4 Å². The van der Waals surface area contributed by atoms with Crippen LogP contribution in [0.4, 0.5) is 18.4 Å². The van der Waals surface area contributed by atoms with Crippen molar-refractivity contribution in [3.8, 4) is 0 Å². The Bertz CT molecular complexity index is 619. The first-order valence-corrected chi connectivity index (χ1v) is 8.34. The second-order valence-corrected chi connectivity index (χ2v) is 5.97. The van der Waals surface area contributed by atoms with Crippen LogP contribution in [0.25, 0.3) is 0 Å². The standard InChI is InChI=1S/C17H23F2N3O3/c1-3-25-17(24)22-8-6-13(7-9-22)21-16(23)20-11(2)12-4-5-14(18)15(19)10-12/h4-5,10-11,13H,3,6-9H2,1-2H3,(H2,20,21,23). The smallest absolute Gasteiger partial charge is 0.409 e. The zero-order chi connectivity index (χ0) is 18.4. The number of hydrogen-bond donors (Lipinski definition) is 2. The van der Waals surface area contributed by atoms with Crippen molar-refractivity contribution in [2.75, 3.05) is 19.7 Å². The molecule has 0 radical (unpaired) electrons. The Morgan fingerprint density at radius 3 is 2.56 bits per heavy atom. The highest BCUT2D eigenvalue weighted by molar-refractivity contribution is 5.75. The molecule has 0 aromatic heterocycles. The highest BCUT2D eigenvalue weighted by Gasteiger charge is 2.25. The van der Waals surface area contributed by atoms with E-state index in [1.54, 1.807) is 18.7 Å². The zero-order valence-corrected chi connectivity index (χ0v) is 14.4. The van der Waals surface area contributed by atoms with E-state index in [0.717, 1.165) is 12.1 Å². The molecule has 0 saturated carbocycles. The average Bonchev–Trinajstić information content (AvgIpc) is 2.58. The summed E-state index contributed by atoms with van der Waals surface area (Å²) in [6.07, 6.45) is 0.926. The second kappa shape index (κ2) is 8.64. The number of ether oxygens (including phenoxy) is 1. The fourth-order valence-corrected chi connectivity index (χ4v) is 2.71. The van der Waals surface area contributed by atoms with E-state index >= 15 is 0 Å². The predicted octanol–water partition coefficient (Wildman–Crippen LogP) is 2.95. The Balaban J connectivity index is 1.79. The highest BCUT2D eigenvalue weighted by Crippen LogP contribution is 2.16. The molecule has 0 bridgehead atoms. The molecule has 25 heavy (non-hydrogen) atoms. The van der Waals surface area contributed by atoms with E-state index in [4.69, 9.17) is 4.74 Å². The van der Waals surface area contributed by atoms with E-state index in [-0.39, 0.29) is 18.2 Å². The monoisotopic (exact) mass is 355 g/mol. The average molecular weight is 355 g/mol. The van der Waals surface area contributed by atoms with Crippen molar-refractivity contribution in [1.29, 1.82) is 0 Å². The van der Waals surface area contributed by atoms with Crippen LogP contribution in [0.15, 0.2) is 18.2 Å². The third-order valence-electron chi connectivity index (χ3n) is 4.15. The van der Waals surface area contributed by atoms with Gasteiger partial charge in [0.1, 0.15) is 0 Å². The number of hydrogen-bond acceptors (Lipinski definition) is 3. The number of likely N-dealkylation sites (tertiary alicyclic amines) is 1. The van der Waals surface area contributed by atoms with Crippen molar-refractivity contribution < 1.29 is 23.1 Å². The van der Waals surface area contributed by atoms with Gasteiger partial charge in [0.15, 0.2) is 11.6 Å². The Morgan fingerprint density at radius 2 is 1.96 bits per heavy atom. The summed E-state index contributed by atoms with van der Waals surface area (Å²) in [4.78, 5) is 25.3. The van der Waals surface area contributed by atoms with Gasteiger partial charge in [-0.25, -0.2) is 18.4 Å². The minimum Gasteiger partial charge on any atom is -0.450 e. The summed E-state index contributed by atoms with van der Waals surface area (Å²) in [5.41, 5.74) is 0.478. The highest BCUT2D eigenvalue weighted by atomic mass is 19.2. The molecule has 1 saturated heterocycles. The summed E-state index contributed by atoms with van der Waals surface area (Å²) in [7, 11) is 0. The van der Waals surface area contributed by atoms with E-state index in [9.17, 15) is 18.4 Å². The number of rotatable bonds is 4. The van der Waals surface area contributed by atoms with Gasteiger partial charge in [-0.3, -0.25) is 0 Å². The first-order valence-electron chi connectivity index (χ1n) is 8.34. The first-order chi connectivity index (χ1) is 11.9. The van der Waals surface area contributed by atoms with Crippen LogP contribution in [0.5, 0.6) is 0 Å². The van der Waals surface area contributed by atoms with Gasteiger partial charge < -0.3 is 20.3 Å². The Hall–Kier alpha value is -2.38. The number of nitrogens with zero attached hydrogens (tertiary/aromatic N) is 1. The fourth-order valence-electron chi connectivity index (χ4n) is 2.71. The predicted molar refractivity (Wildman–Crippen MR) is 88.1 cm³/mol. The molecule has 1 aromatic carbocycles. The molecular weight excluding hydrogens is 332 g/mol. The Kier molecular flexibility index (Phi) is 6.55. The number of nitrogens with one attached hydrogen (secondary N) is 2. The van der Waals surface area contributed by atoms with Gasteiger partial charge >= 0.3 is 12.1 Å². The van der Waals surface area contributed by atoms with Gasteiger partial charge in [-0.05, 0) is 44.4 Å². The molecule has 1 heterocycles. The lowest BCUT2D eigenvalue weighted by molar-refractivity contribution is 0.0957. The Labute approximate surface area is 145 Å². The SMILES string of the molecule is CCOC(=O)N1CCC(NC(=O)NC(C)c2ccc(F)c(F)c2)CC1. The summed E-state index contributed by atoms with van der Waals surface area (Å²) in [5.74, 6) is -1.87. The van der Waals surface area contributed by atoms with Gasteiger partial charge in [0.25, 0.3) is 0 Å². The molecule has 6 nitrogen and oxygen atoms in total. The van der Waals surface area contributed by atoms with Crippen LogP contribution < -0.4 is 10.6 Å². The van der Waals surface area contributed by atoms with Crippen LogP contribution >= 0.6 is 0 Å². The third-order valence-corrected chi connectivity index (χ3v) is 4.15. The van der Waals surface area contributed by atoms with Gasteiger partial charge in [0.2, 0.25) is 0 Å². The van der Waals surface area contributed by atoms with E-state index in [1.807, 2.05) is 0 Å². The lowest BCUT2D eigenvalue weighted by Gasteiger charge is -2.31. The summed E-state index contributed by atoms with van der Waals surface area (Å²) >= 11 is 0. The number of carbonyl (C=O) groups is 2. The molecule has 0 aliphatic carbocycles. The van der Waals surface area contributed by atoms with Crippen LogP contribution in [0.2, 0.25) is 0 Å². The van der Waals surface area contributed by atoms with Crippen molar-refractivity contribution in [2.45, 2.75) is 38.8 Å². The fraction of sp³-hybridized carbons (Fsp3) is 0.529. The lowest BCUT2D eigenvalue weighted by Crippen LogP contribution is -2.49. The first kappa shape index (κ1) is 19.0. The quantitative estimate of drug-likeness (QED) is 0.872. The van der Waals surface area contributed by atoms with Crippen LogP contribution in [0, 0.1) is 11.6 Å². The number of amides is 3. The largest absolute Gasteiger partial charge is 0.450 e. The molecule has 1 atom stereocenters. The minimum atomic E-state index is -0.946. The molecule has 1 aliphatic heterocycles. The lowest BCUT2D eigenvalue weighted by atomic mass is 10.1. The molecule has 1 fully saturated rings. The minimum absolute atomic E-state index is 0.0529. The maximum atomic E-state index is 13.3. The van der Waals surface area contributed by atoms with E-state index in [1.165, 1.54) is 6.07 Å². The number of urea groups is 1. The van der Waals surface area contributed by atoms with E-state index in [0.29, 0.717) is 38.1 Å². The maximum Gasteiger partial charge on any atom is 0.409 e. The van der Waals surface area contributed by atoms with Crippen molar-refractivity contribution in [3.63, 3.8) is 0 Å². The van der Waals surface area contributed by atoms with Gasteiger partial charge in [-0.2, -0.15) is 0 Å². The van der Waals surface area contributed by atoms with Gasteiger partial charge in [0, 0.05) is 19.1 Å². The van der Waals surface area contributed by atoms with Crippen LogP contribution in [-0.4, -0.2) is 42.8 Å². The van der Waals surface area contributed by atoms with Crippen LogP contribution in [-0.2, 0) is 4.74 Å². The van der Waals surface area contributed by atoms with Gasteiger partial charge in [0.05, 0.1) is 12.6 Å². The summed E-state index contributed by atoms with van der Waals surface area (Å²) in [5, 5.41) is 5.54. The normalized spacial score (nSPS) is 16.2. The molecular formula is C17H23F2N3O3. The molecule has 1 unspecified atom stereocenters. The van der Waals surface area contributed by atoms with Crippen molar-refractivity contribution >= 4 is 12.1 Å². The molecule has 3 amide bonds. The summed E-state index contributed by atoms with van der Waals surface area (Å²) in [6.45, 7) is 4.81.